The van der Waals surface area contributed by atoms with Gasteiger partial charge in [0.2, 0.25) is 0 Å². The van der Waals surface area contributed by atoms with Gasteiger partial charge < -0.3 is 10.1 Å². The van der Waals surface area contributed by atoms with E-state index in [0.29, 0.717) is 12.1 Å². The number of ether oxygens (including phenoxy) is 1. The first-order valence-electron chi connectivity index (χ1n) is 6.57. The summed E-state index contributed by atoms with van der Waals surface area (Å²) in [5.41, 5.74) is 3.89. The van der Waals surface area contributed by atoms with Gasteiger partial charge in [-0.3, -0.25) is 0 Å². The topological polar surface area (TPSA) is 21.3 Å². The van der Waals surface area contributed by atoms with Gasteiger partial charge in [0.15, 0.2) is 0 Å². The van der Waals surface area contributed by atoms with E-state index < -0.39 is 0 Å². The van der Waals surface area contributed by atoms with Crippen molar-refractivity contribution in [2.45, 2.75) is 51.7 Å². The third-order valence-corrected chi connectivity index (χ3v) is 3.74. The van der Waals surface area contributed by atoms with Gasteiger partial charge in [0, 0.05) is 12.8 Å². The Morgan fingerprint density at radius 1 is 1.18 bits per heavy atom. The van der Waals surface area contributed by atoms with Crippen LogP contribution in [-0.4, -0.2) is 19.3 Å². The molecule has 2 nitrogen and oxygen atoms in total. The maximum absolute atomic E-state index is 5.58. The molecular weight excluding hydrogens is 210 g/mol. The van der Waals surface area contributed by atoms with E-state index in [1.165, 1.54) is 42.5 Å². The van der Waals surface area contributed by atoms with Crippen molar-refractivity contribution < 1.29 is 4.74 Å². The minimum atomic E-state index is 0.365. The molecule has 0 radical (unpaired) electrons. The van der Waals surface area contributed by atoms with Gasteiger partial charge in [0.1, 0.15) is 0 Å². The highest BCUT2D eigenvalue weighted by atomic mass is 16.5. The Morgan fingerprint density at radius 3 is 2.71 bits per heavy atom. The quantitative estimate of drug-likeness (QED) is 0.860. The fourth-order valence-corrected chi connectivity index (χ4v) is 2.64. The average Bonchev–Trinajstić information content (AvgIpc) is 2.34. The summed E-state index contributed by atoms with van der Waals surface area (Å²) in [6.45, 7) is 4.30. The summed E-state index contributed by atoms with van der Waals surface area (Å²) >= 11 is 0. The van der Waals surface area contributed by atoms with E-state index in [1.54, 1.807) is 0 Å². The van der Waals surface area contributed by atoms with E-state index >= 15 is 0 Å². The van der Waals surface area contributed by atoms with Crippen molar-refractivity contribution >= 4 is 5.69 Å². The van der Waals surface area contributed by atoms with Crippen molar-refractivity contribution in [3.63, 3.8) is 0 Å². The van der Waals surface area contributed by atoms with Gasteiger partial charge in [-0.2, -0.15) is 0 Å². The van der Waals surface area contributed by atoms with E-state index in [4.69, 9.17) is 4.74 Å². The third kappa shape index (κ3) is 3.01. The Kier molecular flexibility index (Phi) is 4.06. The van der Waals surface area contributed by atoms with Crippen LogP contribution in [0.1, 0.15) is 36.8 Å². The molecule has 0 bridgehead atoms. The van der Waals surface area contributed by atoms with E-state index in [1.807, 2.05) is 7.11 Å². The van der Waals surface area contributed by atoms with Gasteiger partial charge in [-0.05, 0) is 43.9 Å². The fourth-order valence-electron chi connectivity index (χ4n) is 2.64. The summed E-state index contributed by atoms with van der Waals surface area (Å²) in [5, 5.41) is 3.67. The van der Waals surface area contributed by atoms with E-state index in [0.717, 1.165) is 0 Å². The first kappa shape index (κ1) is 12.4. The number of hydrogen-bond donors (Lipinski definition) is 1. The number of rotatable bonds is 3. The van der Waals surface area contributed by atoms with Gasteiger partial charge in [0.25, 0.3) is 0 Å². The van der Waals surface area contributed by atoms with Crippen LogP contribution in [0.2, 0.25) is 0 Å². The molecule has 0 aromatic heterocycles. The van der Waals surface area contributed by atoms with Crippen molar-refractivity contribution in [1.82, 2.24) is 0 Å². The summed E-state index contributed by atoms with van der Waals surface area (Å²) in [6, 6.07) is 7.04. The van der Waals surface area contributed by atoms with Crippen LogP contribution in [0.25, 0.3) is 0 Å². The Hall–Kier alpha value is -1.02. The Bertz CT molecular complexity index is 375. The first-order chi connectivity index (χ1) is 8.20. The normalized spacial score (nSPS) is 24.6. The van der Waals surface area contributed by atoms with Crippen molar-refractivity contribution in [3.05, 3.63) is 29.3 Å². The number of nitrogens with one attached hydrogen (secondary N) is 1. The predicted octanol–water partition coefficient (Wildman–Crippen LogP) is 3.67. The molecule has 1 aliphatic rings. The van der Waals surface area contributed by atoms with Crippen LogP contribution >= 0.6 is 0 Å². The van der Waals surface area contributed by atoms with Crippen LogP contribution in [0.15, 0.2) is 18.2 Å². The zero-order chi connectivity index (χ0) is 12.3. The summed E-state index contributed by atoms with van der Waals surface area (Å²) in [7, 11) is 1.83. The average molecular weight is 233 g/mol. The van der Waals surface area contributed by atoms with Crippen LogP contribution in [0.4, 0.5) is 5.69 Å². The molecule has 1 N–H and O–H groups in total. The number of hydrogen-bond acceptors (Lipinski definition) is 2. The molecular formula is C15H23NO. The standard InChI is InChI=1S/C15H23NO/c1-11-8-9-12(2)14(10-11)16-13-6-4-5-7-15(13)17-3/h8-10,13,15-16H,4-7H2,1-3H3/t13-,15-/m1/s1. The lowest BCUT2D eigenvalue weighted by Gasteiger charge is -2.32. The Balaban J connectivity index is 2.10. The summed E-state index contributed by atoms with van der Waals surface area (Å²) in [6.07, 6.45) is 5.36. The molecule has 0 unspecified atom stereocenters. The van der Waals surface area contributed by atoms with Crippen molar-refractivity contribution in [1.29, 1.82) is 0 Å². The smallest absolute Gasteiger partial charge is 0.0772 e. The molecule has 94 valence electrons. The predicted molar refractivity (Wildman–Crippen MR) is 72.6 cm³/mol. The van der Waals surface area contributed by atoms with Gasteiger partial charge >= 0.3 is 0 Å². The van der Waals surface area contributed by atoms with Crippen molar-refractivity contribution in [2.24, 2.45) is 0 Å². The van der Waals surface area contributed by atoms with E-state index in [2.05, 4.69) is 37.4 Å². The maximum Gasteiger partial charge on any atom is 0.0772 e. The van der Waals surface area contributed by atoms with Crippen molar-refractivity contribution in [2.75, 3.05) is 12.4 Å². The van der Waals surface area contributed by atoms with Crippen LogP contribution in [0.5, 0.6) is 0 Å². The lowest BCUT2D eigenvalue weighted by atomic mass is 9.92. The molecule has 17 heavy (non-hydrogen) atoms. The van der Waals surface area contributed by atoms with Crippen LogP contribution < -0.4 is 5.32 Å². The monoisotopic (exact) mass is 233 g/mol. The van der Waals surface area contributed by atoms with E-state index in [9.17, 15) is 0 Å². The number of anilines is 1. The molecule has 1 aromatic carbocycles. The summed E-state index contributed by atoms with van der Waals surface area (Å²) in [4.78, 5) is 0. The maximum atomic E-state index is 5.58. The van der Waals surface area contributed by atoms with Crippen molar-refractivity contribution in [3.8, 4) is 0 Å². The van der Waals surface area contributed by atoms with Gasteiger partial charge in [-0.15, -0.1) is 0 Å². The molecule has 2 atom stereocenters. The SMILES string of the molecule is CO[C@@H]1CCCC[C@H]1Nc1cc(C)ccc1C. The van der Waals surface area contributed by atoms with Crippen LogP contribution in [0.3, 0.4) is 0 Å². The second-order valence-corrected chi connectivity index (χ2v) is 5.13. The molecule has 0 amide bonds. The molecule has 2 heteroatoms. The molecule has 1 saturated carbocycles. The second-order valence-electron chi connectivity index (χ2n) is 5.13. The van der Waals surface area contributed by atoms with E-state index in [-0.39, 0.29) is 0 Å². The number of methoxy groups -OCH3 is 1. The summed E-state index contributed by atoms with van der Waals surface area (Å²) < 4.78 is 5.58. The molecule has 0 heterocycles. The lowest BCUT2D eigenvalue weighted by molar-refractivity contribution is 0.0606. The van der Waals surface area contributed by atoms with Crippen LogP contribution in [-0.2, 0) is 4.74 Å². The fraction of sp³-hybridized carbons (Fsp3) is 0.600. The molecule has 2 rings (SSSR count). The van der Waals surface area contributed by atoms with Gasteiger partial charge in [-0.1, -0.05) is 25.0 Å². The minimum absolute atomic E-state index is 0.365. The first-order valence-corrected chi connectivity index (χ1v) is 6.57. The molecule has 0 saturated heterocycles. The number of benzene rings is 1. The zero-order valence-electron chi connectivity index (χ0n) is 11.1. The molecule has 1 fully saturated rings. The third-order valence-electron chi connectivity index (χ3n) is 3.74. The van der Waals surface area contributed by atoms with Gasteiger partial charge in [-0.25, -0.2) is 0 Å². The molecule has 1 aliphatic carbocycles. The Labute approximate surface area is 104 Å². The van der Waals surface area contributed by atoms with Gasteiger partial charge in [0.05, 0.1) is 12.1 Å². The highest BCUT2D eigenvalue weighted by molar-refractivity contribution is 5.53. The second kappa shape index (κ2) is 5.54. The number of aryl methyl sites for hydroxylation is 2. The summed E-state index contributed by atoms with van der Waals surface area (Å²) in [5.74, 6) is 0. The largest absolute Gasteiger partial charge is 0.379 e. The highest BCUT2D eigenvalue weighted by Gasteiger charge is 2.24. The Morgan fingerprint density at radius 2 is 1.94 bits per heavy atom. The molecule has 0 spiro atoms. The zero-order valence-corrected chi connectivity index (χ0v) is 11.1. The lowest BCUT2D eigenvalue weighted by Crippen LogP contribution is -2.37. The minimum Gasteiger partial charge on any atom is -0.379 e. The molecule has 1 aromatic rings. The molecule has 0 aliphatic heterocycles. The highest BCUT2D eigenvalue weighted by Crippen LogP contribution is 2.26. The van der Waals surface area contributed by atoms with Crippen LogP contribution in [0, 0.1) is 13.8 Å².